The van der Waals surface area contributed by atoms with Crippen molar-refractivity contribution in [1.82, 2.24) is 20.6 Å². The summed E-state index contributed by atoms with van der Waals surface area (Å²) >= 11 is 0. The Bertz CT molecular complexity index is 1410. The van der Waals surface area contributed by atoms with Crippen molar-refractivity contribution in [3.05, 3.63) is 48.1 Å². The summed E-state index contributed by atoms with van der Waals surface area (Å²) in [5.74, 6) is 4.13. The van der Waals surface area contributed by atoms with Gasteiger partial charge in [-0.1, -0.05) is 70.5 Å². The third-order valence-electron chi connectivity index (χ3n) is 15.0. The zero-order chi connectivity index (χ0) is 30.4. The van der Waals surface area contributed by atoms with Crippen molar-refractivity contribution in [2.75, 3.05) is 6.61 Å². The van der Waals surface area contributed by atoms with Crippen LogP contribution in [-0.4, -0.2) is 32.3 Å². The summed E-state index contributed by atoms with van der Waals surface area (Å²) in [4.78, 5) is 0. The van der Waals surface area contributed by atoms with Gasteiger partial charge in [-0.05, 0) is 144 Å². The second-order valence-electron chi connectivity index (χ2n) is 17.0. The number of nitrogens with zero attached hydrogens (tertiary/aromatic N) is 3. The van der Waals surface area contributed by atoms with E-state index in [0.29, 0.717) is 46.4 Å². The molecule has 4 fully saturated rings. The molecule has 5 aliphatic carbocycles. The highest BCUT2D eigenvalue weighted by molar-refractivity contribution is 5.73. The van der Waals surface area contributed by atoms with Crippen LogP contribution in [0.5, 0.6) is 0 Å². The highest BCUT2D eigenvalue weighted by Crippen LogP contribution is 2.77. The van der Waals surface area contributed by atoms with Crippen LogP contribution in [0.15, 0.2) is 42.5 Å². The van der Waals surface area contributed by atoms with E-state index in [4.69, 9.17) is 0 Å². The number of fused-ring (bicyclic) bond motifs is 7. The molecule has 0 aliphatic heterocycles. The molecule has 4 saturated carbocycles. The number of allylic oxidation sites excluding steroid dienone is 3. The largest absolute Gasteiger partial charge is 0.396 e. The molecule has 0 amide bonds. The van der Waals surface area contributed by atoms with Crippen molar-refractivity contribution in [3.63, 3.8) is 0 Å². The fourth-order valence-electron chi connectivity index (χ4n) is 13.0. The van der Waals surface area contributed by atoms with Gasteiger partial charge in [0, 0.05) is 12.2 Å². The Labute approximate surface area is 259 Å². The summed E-state index contributed by atoms with van der Waals surface area (Å²) < 4.78 is 0. The number of aromatic amines is 1. The molecule has 5 nitrogen and oxygen atoms in total. The molecule has 0 spiro atoms. The molecule has 7 rings (SSSR count). The van der Waals surface area contributed by atoms with Gasteiger partial charge in [-0.3, -0.25) is 0 Å². The molecule has 1 aromatic heterocycles. The number of aromatic nitrogens is 4. The fraction of sp³-hybridized carbons (Fsp3) is 0.711. The molecule has 1 aromatic carbocycles. The summed E-state index contributed by atoms with van der Waals surface area (Å²) in [7, 11) is 0. The first-order valence-electron chi connectivity index (χ1n) is 17.2. The highest BCUT2D eigenvalue weighted by atomic mass is 16.3. The van der Waals surface area contributed by atoms with Crippen LogP contribution in [0.2, 0.25) is 0 Å². The minimum absolute atomic E-state index is 0.108. The van der Waals surface area contributed by atoms with Crippen molar-refractivity contribution in [3.8, 4) is 11.4 Å². The number of H-pyrrole nitrogens is 1. The number of benzene rings is 1. The lowest BCUT2D eigenvalue weighted by Crippen LogP contribution is -2.65. The predicted molar refractivity (Wildman–Crippen MR) is 174 cm³/mol. The molecule has 5 heteroatoms. The maximum Gasteiger partial charge on any atom is 0.204 e. The van der Waals surface area contributed by atoms with Crippen LogP contribution in [0.3, 0.4) is 0 Å². The molecule has 1 heterocycles. The minimum atomic E-state index is 0.108. The van der Waals surface area contributed by atoms with Gasteiger partial charge >= 0.3 is 0 Å². The lowest BCUT2D eigenvalue weighted by molar-refractivity contribution is -0.229. The highest BCUT2D eigenvalue weighted by Gasteiger charge is 2.70. The second kappa shape index (κ2) is 9.86. The number of tetrazole rings is 1. The molecule has 232 valence electrons. The fourth-order valence-corrected chi connectivity index (χ4v) is 13.0. The summed E-state index contributed by atoms with van der Waals surface area (Å²) in [6.45, 7) is 20.1. The predicted octanol–water partition coefficient (Wildman–Crippen LogP) is 8.90. The smallest absolute Gasteiger partial charge is 0.204 e. The zero-order valence-corrected chi connectivity index (χ0v) is 27.5. The van der Waals surface area contributed by atoms with E-state index in [-0.39, 0.29) is 10.8 Å². The van der Waals surface area contributed by atoms with E-state index in [1.807, 2.05) is 0 Å². The Hall–Kier alpha value is -2.27. The molecule has 43 heavy (non-hydrogen) atoms. The molecule has 2 aromatic rings. The van der Waals surface area contributed by atoms with Crippen molar-refractivity contribution >= 4 is 5.57 Å². The van der Waals surface area contributed by atoms with Gasteiger partial charge in [-0.25, -0.2) is 0 Å². The molecule has 5 aliphatic rings. The Morgan fingerprint density at radius 1 is 0.907 bits per heavy atom. The lowest BCUT2D eigenvalue weighted by Gasteiger charge is -2.72. The van der Waals surface area contributed by atoms with Crippen molar-refractivity contribution in [1.29, 1.82) is 0 Å². The van der Waals surface area contributed by atoms with Crippen LogP contribution in [0.4, 0.5) is 0 Å². The lowest BCUT2D eigenvalue weighted by atomic mass is 9.32. The first-order chi connectivity index (χ1) is 20.4. The van der Waals surface area contributed by atoms with Gasteiger partial charge in [0.2, 0.25) is 5.82 Å². The zero-order valence-electron chi connectivity index (χ0n) is 27.5. The van der Waals surface area contributed by atoms with Gasteiger partial charge in [-0.15, -0.1) is 16.8 Å². The molecular weight excluding hydrogens is 528 g/mol. The van der Waals surface area contributed by atoms with Crippen LogP contribution in [0, 0.1) is 56.7 Å². The van der Waals surface area contributed by atoms with Gasteiger partial charge in [0.05, 0.1) is 0 Å². The maximum absolute atomic E-state index is 10.9. The average molecular weight is 583 g/mol. The number of rotatable bonds is 5. The first kappa shape index (κ1) is 29.4. The maximum atomic E-state index is 10.9. The Kier molecular flexibility index (Phi) is 6.75. The SMILES string of the molecule is C=C(C)CC1CCC2(CO)CCC3(C)C(CCC4C5(C)CC=C(c6ccc(-c7nn[nH]n7)cc6)C(C)(C)C5CCC43C)C12. The van der Waals surface area contributed by atoms with E-state index in [2.05, 4.69) is 99.1 Å². The van der Waals surface area contributed by atoms with Gasteiger partial charge in [0.15, 0.2) is 0 Å². The van der Waals surface area contributed by atoms with Gasteiger partial charge < -0.3 is 5.11 Å². The van der Waals surface area contributed by atoms with Crippen molar-refractivity contribution < 1.29 is 5.11 Å². The standard InChI is InChI=1S/C38H54N4O/c1-24(2)22-27-14-19-38(23-43)21-20-36(6)29(32(27)38)12-13-31-35(5)17-15-28(34(3,4)30(35)16-18-37(31,36)7)25-8-10-26(11-9-25)33-39-41-42-40-33/h8-11,15,27,29-32,43H,1,12-14,16-23H2,2-7H3,(H,39,40,41,42). The van der Waals surface area contributed by atoms with Crippen LogP contribution >= 0.6 is 0 Å². The summed E-state index contributed by atoms with van der Waals surface area (Å²) in [6.07, 6.45) is 15.3. The molecule has 0 bridgehead atoms. The Morgan fingerprint density at radius 3 is 2.33 bits per heavy atom. The number of nitrogens with one attached hydrogen (secondary N) is 1. The van der Waals surface area contributed by atoms with Crippen LogP contribution < -0.4 is 0 Å². The van der Waals surface area contributed by atoms with Gasteiger partial charge in [0.25, 0.3) is 0 Å². The molecule has 9 atom stereocenters. The molecule has 9 unspecified atom stereocenters. The summed E-state index contributed by atoms with van der Waals surface area (Å²) in [6, 6.07) is 8.81. The van der Waals surface area contributed by atoms with E-state index in [1.165, 1.54) is 74.5 Å². The van der Waals surface area contributed by atoms with E-state index in [0.717, 1.165) is 23.8 Å². The Balaban J connectivity index is 1.21. The molecule has 0 saturated heterocycles. The molecular formula is C38H54N4O. The van der Waals surface area contributed by atoms with Crippen molar-refractivity contribution in [2.24, 2.45) is 56.7 Å². The summed E-state index contributed by atoms with van der Waals surface area (Å²) in [5.41, 5.74) is 6.41. The van der Waals surface area contributed by atoms with Gasteiger partial charge in [0.1, 0.15) is 0 Å². The number of hydrogen-bond donors (Lipinski definition) is 2. The molecule has 0 radical (unpaired) electrons. The summed E-state index contributed by atoms with van der Waals surface area (Å²) in [5, 5.41) is 25.5. The minimum Gasteiger partial charge on any atom is -0.396 e. The van der Waals surface area contributed by atoms with Gasteiger partial charge in [-0.2, -0.15) is 5.21 Å². The molecule has 2 N–H and O–H groups in total. The normalized spacial score (nSPS) is 43.1. The van der Waals surface area contributed by atoms with Crippen molar-refractivity contribution in [2.45, 2.75) is 106 Å². The topological polar surface area (TPSA) is 74.7 Å². The average Bonchev–Trinajstić information content (AvgIpc) is 3.62. The van der Waals surface area contributed by atoms with Crippen LogP contribution in [0.25, 0.3) is 17.0 Å². The number of hydrogen-bond acceptors (Lipinski definition) is 4. The number of aliphatic hydroxyl groups excluding tert-OH is 1. The monoisotopic (exact) mass is 582 g/mol. The van der Waals surface area contributed by atoms with E-state index < -0.39 is 0 Å². The number of aliphatic hydroxyl groups is 1. The quantitative estimate of drug-likeness (QED) is 0.345. The van der Waals surface area contributed by atoms with Crippen LogP contribution in [0.1, 0.15) is 111 Å². The van der Waals surface area contributed by atoms with E-state index in [1.54, 1.807) is 0 Å². The van der Waals surface area contributed by atoms with E-state index in [9.17, 15) is 5.11 Å². The Morgan fingerprint density at radius 2 is 1.65 bits per heavy atom. The van der Waals surface area contributed by atoms with Crippen LogP contribution in [-0.2, 0) is 0 Å². The third-order valence-corrected chi connectivity index (χ3v) is 15.0. The van der Waals surface area contributed by atoms with E-state index >= 15 is 0 Å². The third kappa shape index (κ3) is 4.01. The first-order valence-corrected chi connectivity index (χ1v) is 17.2. The second-order valence-corrected chi connectivity index (χ2v) is 17.0.